The highest BCUT2D eigenvalue weighted by molar-refractivity contribution is 5.42. The Hall–Kier alpha value is -1.22. The number of ether oxygens (including phenoxy) is 2. The van der Waals surface area contributed by atoms with E-state index in [1.807, 2.05) is 12.1 Å². The molecule has 2 atom stereocenters. The Morgan fingerprint density at radius 3 is 2.53 bits per heavy atom. The minimum absolute atomic E-state index is 0.212. The molecule has 0 saturated carbocycles. The summed E-state index contributed by atoms with van der Waals surface area (Å²) in [5, 5.41) is 3.50. The molecule has 3 nitrogen and oxygen atoms in total. The van der Waals surface area contributed by atoms with Crippen LogP contribution in [0.15, 0.2) is 18.2 Å². The number of hydrogen-bond acceptors (Lipinski definition) is 3. The molecule has 0 saturated heterocycles. The van der Waals surface area contributed by atoms with Crippen molar-refractivity contribution < 1.29 is 9.47 Å². The highest BCUT2D eigenvalue weighted by atomic mass is 16.5. The van der Waals surface area contributed by atoms with E-state index in [1.54, 1.807) is 7.11 Å². The molecule has 0 radical (unpaired) electrons. The summed E-state index contributed by atoms with van der Waals surface area (Å²) in [4.78, 5) is 0. The maximum atomic E-state index is 6.02. The Labute approximate surface area is 117 Å². The van der Waals surface area contributed by atoms with Crippen LogP contribution in [-0.4, -0.2) is 19.8 Å². The molecule has 1 rings (SSSR count). The third-order valence-corrected chi connectivity index (χ3v) is 3.29. The molecule has 0 amide bonds. The zero-order valence-electron chi connectivity index (χ0n) is 12.8. The fourth-order valence-electron chi connectivity index (χ4n) is 1.87. The predicted octanol–water partition coefficient (Wildman–Crippen LogP) is 3.93. The molecule has 1 N–H and O–H groups in total. The highest BCUT2D eigenvalue weighted by Gasteiger charge is 2.14. The summed E-state index contributed by atoms with van der Waals surface area (Å²) >= 11 is 0. The van der Waals surface area contributed by atoms with Crippen LogP contribution < -0.4 is 14.8 Å². The lowest BCUT2D eigenvalue weighted by Gasteiger charge is -2.21. The predicted molar refractivity (Wildman–Crippen MR) is 80.1 cm³/mol. The number of nitrogens with one attached hydrogen (secondary N) is 1. The molecular formula is C16H27NO2. The van der Waals surface area contributed by atoms with Crippen molar-refractivity contribution in [3.05, 3.63) is 23.8 Å². The first-order valence-electron chi connectivity index (χ1n) is 7.20. The molecule has 0 aliphatic carbocycles. The van der Waals surface area contributed by atoms with Crippen molar-refractivity contribution in [3.8, 4) is 11.5 Å². The monoisotopic (exact) mass is 265 g/mol. The largest absolute Gasteiger partial charge is 0.497 e. The summed E-state index contributed by atoms with van der Waals surface area (Å²) in [5.41, 5.74) is 1.19. The minimum Gasteiger partial charge on any atom is -0.497 e. The number of methoxy groups -OCH3 is 1. The Morgan fingerprint density at radius 1 is 1.21 bits per heavy atom. The molecule has 0 bridgehead atoms. The van der Waals surface area contributed by atoms with E-state index in [1.165, 1.54) is 5.56 Å². The molecule has 0 aliphatic rings. The van der Waals surface area contributed by atoms with E-state index in [-0.39, 0.29) is 12.1 Å². The molecule has 19 heavy (non-hydrogen) atoms. The van der Waals surface area contributed by atoms with E-state index in [0.29, 0.717) is 0 Å². The third kappa shape index (κ3) is 4.75. The smallest absolute Gasteiger partial charge is 0.128 e. The van der Waals surface area contributed by atoms with Crippen LogP contribution >= 0.6 is 0 Å². The Balaban J connectivity index is 2.93. The van der Waals surface area contributed by atoms with Gasteiger partial charge in [0.15, 0.2) is 0 Å². The van der Waals surface area contributed by atoms with Gasteiger partial charge in [-0.1, -0.05) is 19.9 Å². The molecular weight excluding hydrogens is 238 g/mol. The van der Waals surface area contributed by atoms with Crippen LogP contribution in [0, 0.1) is 0 Å². The van der Waals surface area contributed by atoms with Gasteiger partial charge >= 0.3 is 0 Å². The minimum atomic E-state index is 0.212. The first-order valence-corrected chi connectivity index (χ1v) is 7.20. The van der Waals surface area contributed by atoms with Gasteiger partial charge in [-0.2, -0.15) is 0 Å². The molecule has 0 spiro atoms. The molecule has 108 valence electrons. The fraction of sp³-hybridized carbons (Fsp3) is 0.625. The zero-order chi connectivity index (χ0) is 14.3. The van der Waals surface area contributed by atoms with Crippen molar-refractivity contribution in [2.45, 2.75) is 52.7 Å². The van der Waals surface area contributed by atoms with Gasteiger partial charge in [0.2, 0.25) is 0 Å². The first-order chi connectivity index (χ1) is 9.12. The second kappa shape index (κ2) is 8.05. The van der Waals surface area contributed by atoms with Crippen molar-refractivity contribution in [3.63, 3.8) is 0 Å². The normalized spacial score (nSPS) is 13.9. The summed E-state index contributed by atoms with van der Waals surface area (Å²) in [7, 11) is 1.68. The van der Waals surface area contributed by atoms with Gasteiger partial charge in [-0.25, -0.2) is 0 Å². The molecule has 2 unspecified atom stereocenters. The van der Waals surface area contributed by atoms with E-state index in [4.69, 9.17) is 9.47 Å². The van der Waals surface area contributed by atoms with Crippen LogP contribution in [0.4, 0.5) is 0 Å². The maximum absolute atomic E-state index is 6.02. The Morgan fingerprint density at radius 2 is 1.95 bits per heavy atom. The number of rotatable bonds is 8. The van der Waals surface area contributed by atoms with Crippen LogP contribution in [0.1, 0.15) is 52.1 Å². The van der Waals surface area contributed by atoms with Crippen LogP contribution in [0.5, 0.6) is 11.5 Å². The molecule has 0 heterocycles. The summed E-state index contributed by atoms with van der Waals surface area (Å²) in [6.45, 7) is 9.57. The third-order valence-electron chi connectivity index (χ3n) is 3.29. The number of hydrogen-bond donors (Lipinski definition) is 1. The lowest BCUT2D eigenvalue weighted by Crippen LogP contribution is -2.21. The summed E-state index contributed by atoms with van der Waals surface area (Å²) in [6, 6.07) is 6.34. The lowest BCUT2D eigenvalue weighted by atomic mass is 10.1. The van der Waals surface area contributed by atoms with E-state index in [2.05, 4.69) is 39.1 Å². The van der Waals surface area contributed by atoms with Crippen molar-refractivity contribution in [2.75, 3.05) is 13.7 Å². The van der Waals surface area contributed by atoms with Crippen molar-refractivity contribution in [1.29, 1.82) is 0 Å². The molecule has 1 aromatic carbocycles. The van der Waals surface area contributed by atoms with Crippen molar-refractivity contribution in [2.24, 2.45) is 0 Å². The topological polar surface area (TPSA) is 30.5 Å². The Bertz CT molecular complexity index is 379. The van der Waals surface area contributed by atoms with Crippen molar-refractivity contribution >= 4 is 0 Å². The average molecular weight is 265 g/mol. The van der Waals surface area contributed by atoms with Crippen LogP contribution in [-0.2, 0) is 0 Å². The van der Waals surface area contributed by atoms with Crippen LogP contribution in [0.25, 0.3) is 0 Å². The summed E-state index contributed by atoms with van der Waals surface area (Å²) < 4.78 is 11.3. The van der Waals surface area contributed by atoms with E-state index >= 15 is 0 Å². The first kappa shape index (κ1) is 15.8. The Kier molecular flexibility index (Phi) is 6.71. The summed E-state index contributed by atoms with van der Waals surface area (Å²) in [6.07, 6.45) is 2.33. The standard InChI is InChI=1S/C16H27NO2/c1-6-10-17-13(4)15-9-8-14(18-5)11-16(15)19-12(3)7-2/h8-9,11-13,17H,6-7,10H2,1-5H3. The van der Waals surface area contributed by atoms with Gasteiger partial charge in [-0.05, 0) is 39.3 Å². The molecule has 3 heteroatoms. The van der Waals surface area contributed by atoms with Crippen molar-refractivity contribution in [1.82, 2.24) is 5.32 Å². The fourth-order valence-corrected chi connectivity index (χ4v) is 1.87. The van der Waals surface area contributed by atoms with Crippen LogP contribution in [0.3, 0.4) is 0 Å². The second-order valence-electron chi connectivity index (χ2n) is 4.92. The molecule has 0 fully saturated rings. The molecule has 1 aromatic rings. The van der Waals surface area contributed by atoms with E-state index in [0.717, 1.165) is 30.9 Å². The highest BCUT2D eigenvalue weighted by Crippen LogP contribution is 2.30. The van der Waals surface area contributed by atoms with Crippen LogP contribution in [0.2, 0.25) is 0 Å². The van der Waals surface area contributed by atoms with Gasteiger partial charge in [-0.15, -0.1) is 0 Å². The van der Waals surface area contributed by atoms with Gasteiger partial charge in [0.05, 0.1) is 13.2 Å². The molecule has 0 aliphatic heterocycles. The van der Waals surface area contributed by atoms with E-state index in [9.17, 15) is 0 Å². The van der Waals surface area contributed by atoms with E-state index < -0.39 is 0 Å². The molecule has 0 aromatic heterocycles. The summed E-state index contributed by atoms with van der Waals surface area (Å²) in [5.74, 6) is 1.76. The lowest BCUT2D eigenvalue weighted by molar-refractivity contribution is 0.213. The maximum Gasteiger partial charge on any atom is 0.128 e. The van der Waals surface area contributed by atoms with Gasteiger partial charge in [0.25, 0.3) is 0 Å². The number of benzene rings is 1. The van der Waals surface area contributed by atoms with Gasteiger partial charge in [0.1, 0.15) is 11.5 Å². The van der Waals surface area contributed by atoms with Gasteiger partial charge in [0, 0.05) is 17.7 Å². The SMILES string of the molecule is CCCNC(C)c1ccc(OC)cc1OC(C)CC. The van der Waals surface area contributed by atoms with Gasteiger partial charge < -0.3 is 14.8 Å². The average Bonchev–Trinajstić information content (AvgIpc) is 2.44. The zero-order valence-corrected chi connectivity index (χ0v) is 12.8. The van der Waals surface area contributed by atoms with Gasteiger partial charge in [-0.3, -0.25) is 0 Å². The quantitative estimate of drug-likeness (QED) is 0.772. The second-order valence-corrected chi connectivity index (χ2v) is 4.92.